The molecule has 4 N–H and O–H groups in total. The molecule has 0 saturated heterocycles. The van der Waals surface area contributed by atoms with E-state index in [4.69, 9.17) is 10.8 Å². The van der Waals surface area contributed by atoms with Crippen LogP contribution in [0, 0.1) is 0 Å². The summed E-state index contributed by atoms with van der Waals surface area (Å²) in [5, 5.41) is 16.2. The van der Waals surface area contributed by atoms with Gasteiger partial charge in [-0.15, -0.1) is 0 Å². The van der Waals surface area contributed by atoms with E-state index >= 15 is 0 Å². The van der Waals surface area contributed by atoms with Gasteiger partial charge in [-0.05, 0) is 17.5 Å². The third kappa shape index (κ3) is 3.22. The number of nitrogens with zero attached hydrogens (tertiary/aromatic N) is 2. The molecule has 0 radical (unpaired) electrons. The Balaban J connectivity index is 2.10. The highest BCUT2D eigenvalue weighted by molar-refractivity contribution is 5.97. The average Bonchev–Trinajstić information content (AvgIpc) is 2.79. The number of carbonyl (C=O) groups excluding carboxylic acids is 1. The molecule has 1 aromatic heterocycles. The third-order valence-electron chi connectivity index (χ3n) is 3.34. The van der Waals surface area contributed by atoms with Crippen LogP contribution in [0.2, 0.25) is 0 Å². The van der Waals surface area contributed by atoms with Gasteiger partial charge in [-0.3, -0.25) is 9.48 Å². The number of aliphatic hydroxyl groups excluding tert-OH is 1. The SMILES string of the molecule is CCc1nn(C)c(C(=O)NCc2cccc(CO)c2)c1N. The number of anilines is 1. The van der Waals surface area contributed by atoms with E-state index in [2.05, 4.69) is 10.4 Å². The van der Waals surface area contributed by atoms with E-state index < -0.39 is 0 Å². The summed E-state index contributed by atoms with van der Waals surface area (Å²) in [5.74, 6) is -0.253. The second kappa shape index (κ2) is 6.41. The molecule has 1 heterocycles. The first-order valence-electron chi connectivity index (χ1n) is 6.85. The van der Waals surface area contributed by atoms with Gasteiger partial charge in [0.25, 0.3) is 5.91 Å². The first-order chi connectivity index (χ1) is 10.1. The molecule has 1 amide bonds. The number of nitrogens with one attached hydrogen (secondary N) is 1. The van der Waals surface area contributed by atoms with Gasteiger partial charge in [0.2, 0.25) is 0 Å². The molecule has 0 bridgehead atoms. The van der Waals surface area contributed by atoms with Crippen LogP contribution in [0.15, 0.2) is 24.3 Å². The number of benzene rings is 1. The van der Waals surface area contributed by atoms with Crippen molar-refractivity contribution >= 4 is 11.6 Å². The molecule has 6 heteroatoms. The van der Waals surface area contributed by atoms with Crippen molar-refractivity contribution in [3.63, 3.8) is 0 Å². The summed E-state index contributed by atoms with van der Waals surface area (Å²) in [6.07, 6.45) is 0.686. The van der Waals surface area contributed by atoms with Crippen molar-refractivity contribution < 1.29 is 9.90 Å². The van der Waals surface area contributed by atoms with E-state index in [1.54, 1.807) is 7.05 Å². The predicted molar refractivity (Wildman–Crippen MR) is 80.5 cm³/mol. The molecule has 0 fully saturated rings. The zero-order chi connectivity index (χ0) is 15.4. The van der Waals surface area contributed by atoms with Gasteiger partial charge in [0.15, 0.2) is 0 Å². The quantitative estimate of drug-likeness (QED) is 0.765. The van der Waals surface area contributed by atoms with Crippen molar-refractivity contribution in [3.8, 4) is 0 Å². The lowest BCUT2D eigenvalue weighted by atomic mass is 10.1. The Hall–Kier alpha value is -2.34. The van der Waals surface area contributed by atoms with Crippen LogP contribution in [-0.2, 0) is 26.6 Å². The predicted octanol–water partition coefficient (Wildman–Crippen LogP) is 0.987. The van der Waals surface area contributed by atoms with Crippen molar-refractivity contribution in [2.24, 2.45) is 7.05 Å². The molecule has 2 aromatic rings. The van der Waals surface area contributed by atoms with Crippen LogP contribution >= 0.6 is 0 Å². The fourth-order valence-electron chi connectivity index (χ4n) is 2.23. The fraction of sp³-hybridized carbons (Fsp3) is 0.333. The maximum atomic E-state index is 12.2. The molecule has 0 unspecified atom stereocenters. The van der Waals surface area contributed by atoms with E-state index in [1.807, 2.05) is 31.2 Å². The second-order valence-electron chi connectivity index (χ2n) is 4.85. The number of aromatic nitrogens is 2. The second-order valence-corrected chi connectivity index (χ2v) is 4.85. The molecule has 0 spiro atoms. The Bertz CT molecular complexity index is 649. The normalized spacial score (nSPS) is 10.6. The minimum absolute atomic E-state index is 0.0175. The molecule has 112 valence electrons. The maximum absolute atomic E-state index is 12.2. The Morgan fingerprint density at radius 3 is 2.76 bits per heavy atom. The minimum Gasteiger partial charge on any atom is -0.395 e. The first kappa shape index (κ1) is 15.1. The standard InChI is InChI=1S/C15H20N4O2/c1-3-12-13(16)14(19(2)18-12)15(21)17-8-10-5-4-6-11(7-10)9-20/h4-7,20H,3,8-9,16H2,1-2H3,(H,17,21). The van der Waals surface area contributed by atoms with Gasteiger partial charge in [-0.2, -0.15) is 5.10 Å². The fourth-order valence-corrected chi connectivity index (χ4v) is 2.23. The third-order valence-corrected chi connectivity index (χ3v) is 3.34. The lowest BCUT2D eigenvalue weighted by Gasteiger charge is -2.07. The average molecular weight is 288 g/mol. The van der Waals surface area contributed by atoms with Crippen molar-refractivity contribution in [3.05, 3.63) is 46.8 Å². The lowest BCUT2D eigenvalue weighted by Crippen LogP contribution is -2.26. The highest BCUT2D eigenvalue weighted by Crippen LogP contribution is 2.17. The van der Waals surface area contributed by atoms with E-state index in [-0.39, 0.29) is 12.5 Å². The topological polar surface area (TPSA) is 93.2 Å². The van der Waals surface area contributed by atoms with Crippen LogP contribution in [0.3, 0.4) is 0 Å². The summed E-state index contributed by atoms with van der Waals surface area (Å²) in [5.41, 5.74) is 9.23. The van der Waals surface area contributed by atoms with E-state index in [0.29, 0.717) is 24.3 Å². The summed E-state index contributed by atoms with van der Waals surface area (Å²) in [4.78, 5) is 12.2. The Kier molecular flexibility index (Phi) is 4.59. The minimum atomic E-state index is -0.253. The number of carbonyl (C=O) groups is 1. The van der Waals surface area contributed by atoms with Gasteiger partial charge in [-0.1, -0.05) is 31.2 Å². The van der Waals surface area contributed by atoms with Crippen LogP contribution in [0.25, 0.3) is 0 Å². The molecule has 1 aromatic carbocycles. The van der Waals surface area contributed by atoms with Crippen molar-refractivity contribution in [2.45, 2.75) is 26.5 Å². The van der Waals surface area contributed by atoms with Crippen molar-refractivity contribution in [1.29, 1.82) is 0 Å². The summed E-state index contributed by atoms with van der Waals surface area (Å²) >= 11 is 0. The lowest BCUT2D eigenvalue weighted by molar-refractivity contribution is 0.0942. The molecule has 0 aliphatic carbocycles. The zero-order valence-electron chi connectivity index (χ0n) is 12.3. The number of hydrogen-bond acceptors (Lipinski definition) is 4. The number of rotatable bonds is 5. The van der Waals surface area contributed by atoms with Crippen LogP contribution in [0.1, 0.15) is 34.2 Å². The first-order valence-corrected chi connectivity index (χ1v) is 6.85. The maximum Gasteiger partial charge on any atom is 0.271 e. The number of aliphatic hydroxyl groups is 1. The van der Waals surface area contributed by atoms with Crippen LogP contribution in [0.5, 0.6) is 0 Å². The monoisotopic (exact) mass is 288 g/mol. The van der Waals surface area contributed by atoms with Crippen molar-refractivity contribution in [1.82, 2.24) is 15.1 Å². The Morgan fingerprint density at radius 1 is 1.43 bits per heavy atom. The van der Waals surface area contributed by atoms with Gasteiger partial charge in [0.05, 0.1) is 18.0 Å². The Labute approximate surface area is 123 Å². The molecular weight excluding hydrogens is 268 g/mol. The van der Waals surface area contributed by atoms with Gasteiger partial charge in [0, 0.05) is 13.6 Å². The van der Waals surface area contributed by atoms with E-state index in [9.17, 15) is 4.79 Å². The summed E-state index contributed by atoms with van der Waals surface area (Å²) < 4.78 is 1.51. The van der Waals surface area contributed by atoms with Crippen LogP contribution in [0.4, 0.5) is 5.69 Å². The molecule has 0 atom stereocenters. The smallest absolute Gasteiger partial charge is 0.271 e. The largest absolute Gasteiger partial charge is 0.395 e. The molecule has 0 aliphatic heterocycles. The number of hydrogen-bond donors (Lipinski definition) is 3. The van der Waals surface area contributed by atoms with Crippen molar-refractivity contribution in [2.75, 3.05) is 5.73 Å². The van der Waals surface area contributed by atoms with Gasteiger partial charge < -0.3 is 16.2 Å². The zero-order valence-corrected chi connectivity index (χ0v) is 12.3. The molecule has 6 nitrogen and oxygen atoms in total. The van der Waals surface area contributed by atoms with Gasteiger partial charge in [0.1, 0.15) is 5.69 Å². The van der Waals surface area contributed by atoms with E-state index in [1.165, 1.54) is 4.68 Å². The van der Waals surface area contributed by atoms with Gasteiger partial charge >= 0.3 is 0 Å². The number of aryl methyl sites for hydroxylation is 2. The van der Waals surface area contributed by atoms with Crippen LogP contribution in [-0.4, -0.2) is 20.8 Å². The summed E-state index contributed by atoms with van der Waals surface area (Å²) in [6.45, 7) is 2.30. The molecule has 0 aliphatic rings. The summed E-state index contributed by atoms with van der Waals surface area (Å²) in [7, 11) is 1.71. The molecule has 0 saturated carbocycles. The Morgan fingerprint density at radius 2 is 2.14 bits per heavy atom. The summed E-state index contributed by atoms with van der Waals surface area (Å²) in [6, 6.07) is 7.42. The molecular formula is C15H20N4O2. The van der Waals surface area contributed by atoms with E-state index in [0.717, 1.165) is 16.8 Å². The van der Waals surface area contributed by atoms with Gasteiger partial charge in [-0.25, -0.2) is 0 Å². The number of nitrogen functional groups attached to an aromatic ring is 1. The number of nitrogens with two attached hydrogens (primary N) is 1. The highest BCUT2D eigenvalue weighted by atomic mass is 16.3. The van der Waals surface area contributed by atoms with Crippen LogP contribution < -0.4 is 11.1 Å². The highest BCUT2D eigenvalue weighted by Gasteiger charge is 2.18. The number of amides is 1. The molecule has 2 rings (SSSR count). The molecule has 21 heavy (non-hydrogen) atoms.